The highest BCUT2D eigenvalue weighted by Gasteiger charge is 2.25. The SMILES string of the molecule is CN=C(NCCc1ccc(F)cc1C)NCc1cccnc1N1CCCC(C(N)=O)C1.I. The van der Waals surface area contributed by atoms with Gasteiger partial charge in [0.2, 0.25) is 5.91 Å². The Balaban J connectivity index is 0.00000363. The van der Waals surface area contributed by atoms with Crippen molar-refractivity contribution in [1.82, 2.24) is 15.6 Å². The topological polar surface area (TPSA) is 95.6 Å². The Bertz CT molecular complexity index is 938. The average Bonchev–Trinajstić information content (AvgIpc) is 2.77. The zero-order valence-corrected chi connectivity index (χ0v) is 20.9. The van der Waals surface area contributed by atoms with Gasteiger partial charge in [-0.05, 0) is 55.5 Å². The molecule has 2 aromatic rings. The third kappa shape index (κ3) is 7.04. The van der Waals surface area contributed by atoms with E-state index in [0.29, 0.717) is 25.6 Å². The lowest BCUT2D eigenvalue weighted by molar-refractivity contribution is -0.122. The molecule has 9 heteroatoms. The number of hydrogen-bond acceptors (Lipinski definition) is 4. The van der Waals surface area contributed by atoms with Gasteiger partial charge in [-0.3, -0.25) is 9.79 Å². The van der Waals surface area contributed by atoms with Crippen LogP contribution in [-0.2, 0) is 17.8 Å². The minimum atomic E-state index is -0.249. The molecule has 0 aliphatic carbocycles. The Kier molecular flexibility index (Phi) is 10.1. The first-order chi connectivity index (χ1) is 15.0. The van der Waals surface area contributed by atoms with Crippen molar-refractivity contribution >= 4 is 41.7 Å². The van der Waals surface area contributed by atoms with Crippen LogP contribution in [0.2, 0.25) is 0 Å². The summed E-state index contributed by atoms with van der Waals surface area (Å²) in [6.07, 6.45) is 4.29. The predicted octanol–water partition coefficient (Wildman–Crippen LogP) is 2.76. The molecule has 1 aliphatic heterocycles. The number of carbonyl (C=O) groups is 1. The largest absolute Gasteiger partial charge is 0.369 e. The van der Waals surface area contributed by atoms with E-state index in [-0.39, 0.29) is 41.6 Å². The summed E-state index contributed by atoms with van der Waals surface area (Å²) >= 11 is 0. The van der Waals surface area contributed by atoms with Crippen LogP contribution in [0.25, 0.3) is 0 Å². The van der Waals surface area contributed by atoms with E-state index in [2.05, 4.69) is 25.5 Å². The Hall–Kier alpha value is -2.43. The van der Waals surface area contributed by atoms with Crippen molar-refractivity contribution in [1.29, 1.82) is 0 Å². The van der Waals surface area contributed by atoms with Crippen molar-refractivity contribution in [3.8, 4) is 0 Å². The molecule has 0 radical (unpaired) electrons. The number of benzene rings is 1. The number of aromatic nitrogens is 1. The highest BCUT2D eigenvalue weighted by Crippen LogP contribution is 2.24. The van der Waals surface area contributed by atoms with Crippen LogP contribution < -0.4 is 21.3 Å². The first-order valence-corrected chi connectivity index (χ1v) is 10.7. The number of nitrogens with two attached hydrogens (primary N) is 1. The summed E-state index contributed by atoms with van der Waals surface area (Å²) in [7, 11) is 1.73. The summed E-state index contributed by atoms with van der Waals surface area (Å²) in [6.45, 7) is 4.61. The van der Waals surface area contributed by atoms with Gasteiger partial charge in [0.15, 0.2) is 5.96 Å². The number of nitrogens with zero attached hydrogens (tertiary/aromatic N) is 3. The van der Waals surface area contributed by atoms with Crippen molar-refractivity contribution < 1.29 is 9.18 Å². The van der Waals surface area contributed by atoms with Gasteiger partial charge < -0.3 is 21.3 Å². The molecule has 1 fully saturated rings. The number of hydrogen-bond donors (Lipinski definition) is 3. The normalized spacial score (nSPS) is 16.3. The molecular weight excluding hydrogens is 522 g/mol. The van der Waals surface area contributed by atoms with Gasteiger partial charge in [-0.2, -0.15) is 0 Å². The van der Waals surface area contributed by atoms with Crippen LogP contribution in [0, 0.1) is 18.7 Å². The summed E-state index contributed by atoms with van der Waals surface area (Å²) in [5, 5.41) is 6.63. The van der Waals surface area contributed by atoms with Crippen LogP contribution in [0.5, 0.6) is 0 Å². The average molecular weight is 554 g/mol. The second kappa shape index (κ2) is 12.6. The second-order valence-electron chi connectivity index (χ2n) is 7.85. The molecule has 0 spiro atoms. The molecule has 1 aromatic carbocycles. The van der Waals surface area contributed by atoms with Gasteiger partial charge in [0.1, 0.15) is 11.6 Å². The Morgan fingerprint density at radius 1 is 1.31 bits per heavy atom. The van der Waals surface area contributed by atoms with E-state index in [1.165, 1.54) is 6.07 Å². The maximum atomic E-state index is 13.3. The van der Waals surface area contributed by atoms with E-state index in [9.17, 15) is 9.18 Å². The van der Waals surface area contributed by atoms with E-state index < -0.39 is 0 Å². The fourth-order valence-corrected chi connectivity index (χ4v) is 3.91. The van der Waals surface area contributed by atoms with Crippen molar-refractivity contribution in [2.24, 2.45) is 16.6 Å². The number of piperidine rings is 1. The van der Waals surface area contributed by atoms with Crippen LogP contribution in [-0.4, -0.2) is 43.5 Å². The smallest absolute Gasteiger partial charge is 0.222 e. The molecule has 1 aromatic heterocycles. The molecule has 2 heterocycles. The number of anilines is 1. The maximum Gasteiger partial charge on any atom is 0.222 e. The minimum absolute atomic E-state index is 0. The first-order valence-electron chi connectivity index (χ1n) is 10.7. The monoisotopic (exact) mass is 554 g/mol. The molecule has 174 valence electrons. The van der Waals surface area contributed by atoms with Gasteiger partial charge in [0.25, 0.3) is 0 Å². The number of guanidine groups is 1. The molecule has 3 rings (SSSR count). The molecule has 32 heavy (non-hydrogen) atoms. The summed E-state index contributed by atoms with van der Waals surface area (Å²) in [5.41, 5.74) is 8.61. The van der Waals surface area contributed by atoms with E-state index in [0.717, 1.165) is 48.3 Å². The number of nitrogens with one attached hydrogen (secondary N) is 2. The fraction of sp³-hybridized carbons (Fsp3) is 0.435. The zero-order valence-electron chi connectivity index (χ0n) is 18.6. The summed E-state index contributed by atoms with van der Waals surface area (Å²) in [4.78, 5) is 22.6. The molecule has 0 saturated carbocycles. The quantitative estimate of drug-likeness (QED) is 0.278. The van der Waals surface area contributed by atoms with Gasteiger partial charge in [-0.15, -0.1) is 24.0 Å². The molecule has 1 atom stereocenters. The third-order valence-corrected chi connectivity index (χ3v) is 5.65. The maximum absolute atomic E-state index is 13.3. The van der Waals surface area contributed by atoms with Crippen LogP contribution >= 0.6 is 24.0 Å². The van der Waals surface area contributed by atoms with Gasteiger partial charge in [-0.25, -0.2) is 9.37 Å². The van der Waals surface area contributed by atoms with Crippen LogP contribution in [0.4, 0.5) is 10.2 Å². The van der Waals surface area contributed by atoms with E-state index in [1.54, 1.807) is 19.3 Å². The Morgan fingerprint density at radius 2 is 2.12 bits per heavy atom. The number of halogens is 2. The number of carbonyl (C=O) groups excluding carboxylic acids is 1. The molecule has 1 unspecified atom stereocenters. The van der Waals surface area contributed by atoms with E-state index in [1.807, 2.05) is 25.1 Å². The lowest BCUT2D eigenvalue weighted by Gasteiger charge is -2.33. The van der Waals surface area contributed by atoms with Crippen molar-refractivity contribution in [2.75, 3.05) is 31.6 Å². The standard InChI is InChI=1S/C23H31FN6O.HI/c1-16-13-20(24)8-7-17(16)9-11-28-23(26-2)29-14-18-5-3-10-27-22(18)30-12-4-6-19(15-30)21(25)31;/h3,5,7-8,10,13,19H,4,6,9,11-12,14-15H2,1-2H3,(H2,25,31)(H2,26,28,29);1H. The number of rotatable bonds is 7. The van der Waals surface area contributed by atoms with Crippen molar-refractivity contribution in [3.05, 3.63) is 59.0 Å². The van der Waals surface area contributed by atoms with Gasteiger partial charge in [-0.1, -0.05) is 12.1 Å². The Labute approximate surface area is 206 Å². The summed E-state index contributed by atoms with van der Waals surface area (Å²) in [5.74, 6) is 0.957. The van der Waals surface area contributed by atoms with Gasteiger partial charge >= 0.3 is 0 Å². The summed E-state index contributed by atoms with van der Waals surface area (Å²) < 4.78 is 13.3. The third-order valence-electron chi connectivity index (χ3n) is 5.65. The van der Waals surface area contributed by atoms with Gasteiger partial charge in [0, 0.05) is 45.0 Å². The zero-order chi connectivity index (χ0) is 22.2. The van der Waals surface area contributed by atoms with Crippen molar-refractivity contribution in [2.45, 2.75) is 32.7 Å². The fourth-order valence-electron chi connectivity index (χ4n) is 3.91. The van der Waals surface area contributed by atoms with Crippen molar-refractivity contribution in [3.63, 3.8) is 0 Å². The summed E-state index contributed by atoms with van der Waals surface area (Å²) in [6, 6.07) is 8.79. The minimum Gasteiger partial charge on any atom is -0.369 e. The number of amides is 1. The number of aryl methyl sites for hydroxylation is 1. The molecule has 4 N–H and O–H groups in total. The van der Waals surface area contributed by atoms with Crippen LogP contribution in [0.3, 0.4) is 0 Å². The Morgan fingerprint density at radius 3 is 2.84 bits per heavy atom. The number of aliphatic imine (C=N–C) groups is 1. The predicted molar refractivity (Wildman–Crippen MR) is 137 cm³/mol. The lowest BCUT2D eigenvalue weighted by atomic mass is 9.97. The van der Waals surface area contributed by atoms with E-state index in [4.69, 9.17) is 5.73 Å². The lowest BCUT2D eigenvalue weighted by Crippen LogP contribution is -2.42. The molecule has 7 nitrogen and oxygen atoms in total. The van der Waals surface area contributed by atoms with E-state index >= 15 is 0 Å². The molecule has 1 amide bonds. The van der Waals surface area contributed by atoms with Gasteiger partial charge in [0.05, 0.1) is 5.92 Å². The highest BCUT2D eigenvalue weighted by atomic mass is 127. The molecule has 1 saturated heterocycles. The number of primary amides is 1. The van der Waals surface area contributed by atoms with Crippen LogP contribution in [0.1, 0.15) is 29.5 Å². The molecular formula is C23H32FIN6O. The first kappa shape index (κ1) is 25.8. The molecule has 1 aliphatic rings. The molecule has 0 bridgehead atoms. The highest BCUT2D eigenvalue weighted by molar-refractivity contribution is 14.0. The number of pyridine rings is 1. The second-order valence-corrected chi connectivity index (χ2v) is 7.85. The van der Waals surface area contributed by atoms with Crippen LogP contribution in [0.15, 0.2) is 41.5 Å².